The van der Waals surface area contributed by atoms with Gasteiger partial charge in [0.25, 0.3) is 5.56 Å². The van der Waals surface area contributed by atoms with Gasteiger partial charge in [-0.3, -0.25) is 4.79 Å². The minimum absolute atomic E-state index is 0.0451. The van der Waals surface area contributed by atoms with Crippen molar-refractivity contribution in [2.24, 2.45) is 5.14 Å². The molecule has 1 aromatic heterocycles. The summed E-state index contributed by atoms with van der Waals surface area (Å²) in [7, 11) is -3.83. The summed E-state index contributed by atoms with van der Waals surface area (Å²) in [5.41, 5.74) is 2.56. The Morgan fingerprint density at radius 2 is 1.78 bits per heavy atom. The molecule has 3 aromatic rings. The van der Waals surface area contributed by atoms with Gasteiger partial charge < -0.3 is 4.98 Å². The van der Waals surface area contributed by atoms with E-state index in [-0.39, 0.29) is 16.9 Å². The number of aryl methyl sites for hydroxylation is 1. The lowest BCUT2D eigenvalue weighted by atomic mass is 10.0. The molecule has 0 atom stereocenters. The molecule has 0 fully saturated rings. The maximum Gasteiger partial charge on any atom is 0.251 e. The number of primary sulfonamides is 1. The Balaban J connectivity index is 2.14. The molecule has 0 aliphatic rings. The van der Waals surface area contributed by atoms with Gasteiger partial charge in [-0.25, -0.2) is 13.6 Å². The molecule has 118 valence electrons. The average molecular weight is 328 g/mol. The summed E-state index contributed by atoms with van der Waals surface area (Å²) >= 11 is 0. The monoisotopic (exact) mass is 328 g/mol. The highest BCUT2D eigenvalue weighted by Crippen LogP contribution is 2.19. The molecule has 6 heteroatoms. The summed E-state index contributed by atoms with van der Waals surface area (Å²) in [6.45, 7) is 1.92. The Morgan fingerprint density at radius 3 is 2.52 bits per heavy atom. The van der Waals surface area contributed by atoms with E-state index in [0.29, 0.717) is 11.1 Å². The second kappa shape index (κ2) is 5.64. The lowest BCUT2D eigenvalue weighted by Gasteiger charge is -2.09. The number of sulfonamides is 1. The number of aromatic nitrogens is 1. The van der Waals surface area contributed by atoms with Crippen molar-refractivity contribution >= 4 is 20.9 Å². The van der Waals surface area contributed by atoms with Crippen molar-refractivity contribution in [2.45, 2.75) is 18.2 Å². The maximum atomic E-state index is 12.3. The van der Waals surface area contributed by atoms with E-state index in [9.17, 15) is 13.2 Å². The van der Waals surface area contributed by atoms with Gasteiger partial charge in [0.05, 0.1) is 10.4 Å². The van der Waals surface area contributed by atoms with E-state index < -0.39 is 10.0 Å². The van der Waals surface area contributed by atoms with Gasteiger partial charge in [-0.2, -0.15) is 0 Å². The molecule has 2 aromatic carbocycles. The van der Waals surface area contributed by atoms with Gasteiger partial charge in [0.1, 0.15) is 0 Å². The number of aromatic amines is 1. The minimum Gasteiger partial charge on any atom is -0.321 e. The van der Waals surface area contributed by atoms with E-state index >= 15 is 0 Å². The highest BCUT2D eigenvalue weighted by Gasteiger charge is 2.15. The quantitative estimate of drug-likeness (QED) is 0.771. The van der Waals surface area contributed by atoms with Crippen molar-refractivity contribution in [3.05, 3.63) is 75.6 Å². The average Bonchev–Trinajstić information content (AvgIpc) is 2.49. The summed E-state index contributed by atoms with van der Waals surface area (Å²) in [5.74, 6) is 0. The fraction of sp³-hybridized carbons (Fsp3) is 0.118. The van der Waals surface area contributed by atoms with Crippen molar-refractivity contribution in [1.29, 1.82) is 0 Å². The van der Waals surface area contributed by atoms with Crippen LogP contribution in [0.15, 0.2) is 58.2 Å². The highest BCUT2D eigenvalue weighted by atomic mass is 32.2. The number of benzene rings is 2. The molecule has 0 bridgehead atoms. The molecule has 0 unspecified atom stereocenters. The topological polar surface area (TPSA) is 93.0 Å². The molecular formula is C17H16N2O3S. The van der Waals surface area contributed by atoms with Gasteiger partial charge in [-0.05, 0) is 35.6 Å². The van der Waals surface area contributed by atoms with Crippen LogP contribution in [0.25, 0.3) is 10.9 Å². The fourth-order valence-electron chi connectivity index (χ4n) is 2.69. The molecule has 3 rings (SSSR count). The van der Waals surface area contributed by atoms with E-state index in [1.165, 1.54) is 6.07 Å². The van der Waals surface area contributed by atoms with E-state index in [0.717, 1.165) is 16.5 Å². The molecule has 0 radical (unpaired) electrons. The van der Waals surface area contributed by atoms with Gasteiger partial charge in [-0.1, -0.05) is 36.4 Å². The molecule has 1 heterocycles. The predicted octanol–water partition coefficient (Wildman–Crippen LogP) is 2.07. The number of para-hydroxylation sites is 1. The molecular weight excluding hydrogens is 312 g/mol. The SMILES string of the molecule is Cc1cccc2cc(Cc3ccccc3S(N)(=O)=O)c(=O)[nH]c12. The third-order valence-corrected chi connectivity index (χ3v) is 4.84. The summed E-state index contributed by atoms with van der Waals surface area (Å²) in [4.78, 5) is 15.2. The number of fused-ring (bicyclic) bond motifs is 1. The number of nitrogens with two attached hydrogens (primary N) is 1. The van der Waals surface area contributed by atoms with Crippen molar-refractivity contribution in [2.75, 3.05) is 0 Å². The first kappa shape index (κ1) is 15.5. The Labute approximate surface area is 133 Å². The Bertz CT molecular complexity index is 1050. The van der Waals surface area contributed by atoms with E-state index in [1.54, 1.807) is 24.3 Å². The molecule has 0 spiro atoms. The van der Waals surface area contributed by atoms with Crippen molar-refractivity contribution in [3.8, 4) is 0 Å². The maximum absolute atomic E-state index is 12.3. The number of nitrogens with one attached hydrogen (secondary N) is 1. The minimum atomic E-state index is -3.83. The van der Waals surface area contributed by atoms with Crippen LogP contribution < -0.4 is 10.7 Å². The number of H-pyrrole nitrogens is 1. The van der Waals surface area contributed by atoms with Crippen molar-refractivity contribution < 1.29 is 8.42 Å². The number of hydrogen-bond donors (Lipinski definition) is 2. The van der Waals surface area contributed by atoms with Gasteiger partial charge in [0.15, 0.2) is 0 Å². The van der Waals surface area contributed by atoms with E-state index in [4.69, 9.17) is 5.14 Å². The molecule has 3 N–H and O–H groups in total. The molecule has 0 aliphatic carbocycles. The van der Waals surface area contributed by atoms with Gasteiger partial charge >= 0.3 is 0 Å². The van der Waals surface area contributed by atoms with Gasteiger partial charge in [0.2, 0.25) is 10.0 Å². The second-order valence-electron chi connectivity index (χ2n) is 5.49. The zero-order valence-corrected chi connectivity index (χ0v) is 13.4. The standard InChI is InChI=1S/C17H16N2O3S/c1-11-5-4-7-13-10-14(17(20)19-16(11)13)9-12-6-2-3-8-15(12)23(18,21)22/h2-8,10H,9H2,1H3,(H,19,20)(H2,18,21,22). The Kier molecular flexibility index (Phi) is 3.79. The molecule has 0 saturated heterocycles. The predicted molar refractivity (Wildman–Crippen MR) is 89.9 cm³/mol. The first-order valence-corrected chi connectivity index (χ1v) is 8.63. The van der Waals surface area contributed by atoms with Crippen LogP contribution in [-0.2, 0) is 16.4 Å². The number of pyridine rings is 1. The molecule has 5 nitrogen and oxygen atoms in total. The van der Waals surface area contributed by atoms with Crippen LogP contribution in [0.2, 0.25) is 0 Å². The fourth-order valence-corrected chi connectivity index (χ4v) is 3.47. The van der Waals surface area contributed by atoms with Gasteiger partial charge in [-0.15, -0.1) is 0 Å². The lowest BCUT2D eigenvalue weighted by molar-refractivity contribution is 0.597. The third-order valence-electron chi connectivity index (χ3n) is 3.82. The summed E-state index contributed by atoms with van der Waals surface area (Å²) < 4.78 is 23.4. The third kappa shape index (κ3) is 3.04. The summed E-state index contributed by atoms with van der Waals surface area (Å²) in [6, 6.07) is 14.0. The summed E-state index contributed by atoms with van der Waals surface area (Å²) in [5, 5.41) is 6.16. The number of rotatable bonds is 3. The van der Waals surface area contributed by atoms with Crippen LogP contribution in [0.1, 0.15) is 16.7 Å². The number of hydrogen-bond acceptors (Lipinski definition) is 3. The van der Waals surface area contributed by atoms with E-state index in [1.807, 2.05) is 25.1 Å². The zero-order valence-electron chi connectivity index (χ0n) is 12.5. The second-order valence-corrected chi connectivity index (χ2v) is 7.02. The highest BCUT2D eigenvalue weighted by molar-refractivity contribution is 7.89. The smallest absolute Gasteiger partial charge is 0.251 e. The van der Waals surface area contributed by atoms with Crippen LogP contribution in [0.4, 0.5) is 0 Å². The van der Waals surface area contributed by atoms with Crippen LogP contribution in [0, 0.1) is 6.92 Å². The molecule has 0 aliphatic heterocycles. The van der Waals surface area contributed by atoms with E-state index in [2.05, 4.69) is 4.98 Å². The lowest BCUT2D eigenvalue weighted by Crippen LogP contribution is -2.17. The molecule has 0 saturated carbocycles. The Hall–Kier alpha value is -2.44. The summed E-state index contributed by atoms with van der Waals surface area (Å²) in [6.07, 6.45) is 0.200. The Morgan fingerprint density at radius 1 is 1.04 bits per heavy atom. The molecule has 23 heavy (non-hydrogen) atoms. The van der Waals surface area contributed by atoms with Crippen molar-refractivity contribution in [3.63, 3.8) is 0 Å². The first-order chi connectivity index (χ1) is 10.9. The van der Waals surface area contributed by atoms with Crippen LogP contribution >= 0.6 is 0 Å². The van der Waals surface area contributed by atoms with Gasteiger partial charge in [0, 0.05) is 12.0 Å². The first-order valence-electron chi connectivity index (χ1n) is 7.08. The normalized spacial score (nSPS) is 11.7. The van der Waals surface area contributed by atoms with Crippen molar-refractivity contribution in [1.82, 2.24) is 4.98 Å². The van der Waals surface area contributed by atoms with Crippen LogP contribution in [0.5, 0.6) is 0 Å². The zero-order chi connectivity index (χ0) is 16.6. The van der Waals surface area contributed by atoms with Crippen LogP contribution in [-0.4, -0.2) is 13.4 Å². The van der Waals surface area contributed by atoms with Crippen LogP contribution in [0.3, 0.4) is 0 Å². The molecule has 0 amide bonds. The largest absolute Gasteiger partial charge is 0.321 e.